The van der Waals surface area contributed by atoms with Crippen molar-refractivity contribution >= 4 is 16.8 Å². The summed E-state index contributed by atoms with van der Waals surface area (Å²) < 4.78 is 5.42. The van der Waals surface area contributed by atoms with E-state index in [4.69, 9.17) is 10.5 Å². The van der Waals surface area contributed by atoms with Gasteiger partial charge in [0.15, 0.2) is 6.29 Å². The van der Waals surface area contributed by atoms with Gasteiger partial charge in [-0.15, -0.1) is 0 Å². The summed E-state index contributed by atoms with van der Waals surface area (Å²) in [7, 11) is 0. The highest BCUT2D eigenvalue weighted by Crippen LogP contribution is 2.32. The third-order valence-corrected chi connectivity index (χ3v) is 5.37. The first-order valence-corrected chi connectivity index (χ1v) is 9.48. The van der Waals surface area contributed by atoms with Crippen molar-refractivity contribution < 1.29 is 14.6 Å². The summed E-state index contributed by atoms with van der Waals surface area (Å²) in [6.07, 6.45) is 5.79. The standard InChI is InChI=1S/C20H29N3O3/c1-2-26-19(25)20(10-6-3-7-11-20)23-18(24)16(21)12-14-13-22-17-9-5-4-8-15(14)17/h4-5,8-9,13,16,19,22,25H,2-3,6-7,10-12,21H2,1H3,(H,23,24)/t16-,19?/m1/s1. The molecular formula is C20H29N3O3. The number of carbonyl (C=O) groups excluding carboxylic acids is 1. The summed E-state index contributed by atoms with van der Waals surface area (Å²) in [6, 6.07) is 7.28. The molecule has 0 radical (unpaired) electrons. The molecule has 1 aliphatic carbocycles. The van der Waals surface area contributed by atoms with Gasteiger partial charge in [0.05, 0.1) is 11.6 Å². The van der Waals surface area contributed by atoms with Crippen molar-refractivity contribution in [2.75, 3.05) is 6.61 Å². The zero-order chi connectivity index (χ0) is 18.6. The van der Waals surface area contributed by atoms with Crippen molar-refractivity contribution in [1.29, 1.82) is 0 Å². The van der Waals surface area contributed by atoms with Crippen molar-refractivity contribution in [2.24, 2.45) is 5.73 Å². The van der Waals surface area contributed by atoms with E-state index >= 15 is 0 Å². The topological polar surface area (TPSA) is 100 Å². The Morgan fingerprint density at radius 2 is 2.08 bits per heavy atom. The minimum Gasteiger partial charge on any atom is -0.366 e. The molecule has 142 valence electrons. The van der Waals surface area contributed by atoms with Gasteiger partial charge in [0.25, 0.3) is 0 Å². The molecule has 3 rings (SSSR count). The van der Waals surface area contributed by atoms with Crippen molar-refractivity contribution in [1.82, 2.24) is 10.3 Å². The second-order valence-electron chi connectivity index (χ2n) is 7.18. The number of nitrogens with two attached hydrogens (primary N) is 1. The first-order valence-electron chi connectivity index (χ1n) is 9.48. The van der Waals surface area contributed by atoms with Gasteiger partial charge >= 0.3 is 0 Å². The maximum atomic E-state index is 12.8. The third-order valence-electron chi connectivity index (χ3n) is 5.37. The average molecular weight is 359 g/mol. The largest absolute Gasteiger partial charge is 0.366 e. The van der Waals surface area contributed by atoms with E-state index in [1.807, 2.05) is 37.4 Å². The van der Waals surface area contributed by atoms with Crippen LogP contribution in [-0.4, -0.2) is 40.5 Å². The monoisotopic (exact) mass is 359 g/mol. The molecule has 1 aromatic carbocycles. The highest BCUT2D eigenvalue weighted by Gasteiger charge is 2.41. The number of H-pyrrole nitrogens is 1. The molecule has 2 aromatic rings. The summed E-state index contributed by atoms with van der Waals surface area (Å²) in [4.78, 5) is 16.0. The lowest BCUT2D eigenvalue weighted by atomic mass is 9.80. The number of ether oxygens (including phenoxy) is 1. The molecule has 6 nitrogen and oxygen atoms in total. The summed E-state index contributed by atoms with van der Waals surface area (Å²) in [5, 5.41) is 14.6. The lowest BCUT2D eigenvalue weighted by molar-refractivity contribution is -0.165. The zero-order valence-electron chi connectivity index (χ0n) is 15.3. The smallest absolute Gasteiger partial charge is 0.237 e. The number of nitrogens with one attached hydrogen (secondary N) is 2. The number of aliphatic hydroxyl groups excluding tert-OH is 1. The van der Waals surface area contributed by atoms with Crippen LogP contribution in [0.4, 0.5) is 0 Å². The van der Waals surface area contributed by atoms with E-state index < -0.39 is 17.9 Å². The van der Waals surface area contributed by atoms with Crippen LogP contribution in [0.1, 0.15) is 44.6 Å². The van der Waals surface area contributed by atoms with Gasteiger partial charge in [-0.2, -0.15) is 0 Å². The second kappa shape index (κ2) is 8.20. The molecule has 0 saturated heterocycles. The van der Waals surface area contributed by atoms with E-state index in [-0.39, 0.29) is 5.91 Å². The Balaban J connectivity index is 1.70. The van der Waals surface area contributed by atoms with Gasteiger partial charge in [-0.25, -0.2) is 0 Å². The van der Waals surface area contributed by atoms with Crippen LogP contribution in [0.25, 0.3) is 10.9 Å². The number of rotatable bonds is 7. The summed E-state index contributed by atoms with van der Waals surface area (Å²) in [6.45, 7) is 2.24. The van der Waals surface area contributed by atoms with Crippen molar-refractivity contribution in [3.05, 3.63) is 36.0 Å². The Morgan fingerprint density at radius 3 is 2.81 bits per heavy atom. The van der Waals surface area contributed by atoms with E-state index in [1.165, 1.54) is 0 Å². The molecule has 5 N–H and O–H groups in total. The van der Waals surface area contributed by atoms with E-state index in [9.17, 15) is 9.90 Å². The van der Waals surface area contributed by atoms with Crippen LogP contribution in [0.2, 0.25) is 0 Å². The second-order valence-corrected chi connectivity index (χ2v) is 7.18. The number of amides is 1. The molecule has 1 amide bonds. The number of aliphatic hydroxyl groups is 1. The number of carbonyl (C=O) groups is 1. The first-order chi connectivity index (χ1) is 12.6. The van der Waals surface area contributed by atoms with E-state index in [0.29, 0.717) is 25.9 Å². The fraction of sp³-hybridized carbons (Fsp3) is 0.550. The SMILES string of the molecule is CCOC(O)C1(NC(=O)[C@H](N)Cc2c[nH]c3ccccc23)CCCCC1. The highest BCUT2D eigenvalue weighted by atomic mass is 16.6. The van der Waals surface area contributed by atoms with Crippen molar-refractivity contribution in [2.45, 2.75) is 63.3 Å². The lowest BCUT2D eigenvalue weighted by Gasteiger charge is -2.41. The highest BCUT2D eigenvalue weighted by molar-refractivity contribution is 5.86. The molecule has 1 heterocycles. The number of aromatic amines is 1. The summed E-state index contributed by atoms with van der Waals surface area (Å²) >= 11 is 0. The van der Waals surface area contributed by atoms with E-state index in [1.54, 1.807) is 0 Å². The number of benzene rings is 1. The number of hydrogen-bond acceptors (Lipinski definition) is 4. The summed E-state index contributed by atoms with van der Waals surface area (Å²) in [5.41, 5.74) is 7.52. The molecule has 1 unspecified atom stereocenters. The normalized spacial score (nSPS) is 19.2. The van der Waals surface area contributed by atoms with Crippen LogP contribution < -0.4 is 11.1 Å². The van der Waals surface area contributed by atoms with Gasteiger partial charge in [-0.1, -0.05) is 37.5 Å². The number of para-hydroxylation sites is 1. The Hall–Kier alpha value is -1.89. The first kappa shape index (κ1) is 18.9. The van der Waals surface area contributed by atoms with E-state index in [0.717, 1.165) is 35.7 Å². The van der Waals surface area contributed by atoms with Gasteiger partial charge in [-0.3, -0.25) is 4.79 Å². The molecule has 26 heavy (non-hydrogen) atoms. The van der Waals surface area contributed by atoms with Crippen molar-refractivity contribution in [3.63, 3.8) is 0 Å². The van der Waals surface area contributed by atoms with E-state index in [2.05, 4.69) is 10.3 Å². The molecule has 0 aliphatic heterocycles. The number of aromatic nitrogens is 1. The number of fused-ring (bicyclic) bond motifs is 1. The quantitative estimate of drug-likeness (QED) is 0.570. The van der Waals surface area contributed by atoms with Crippen molar-refractivity contribution in [3.8, 4) is 0 Å². The third kappa shape index (κ3) is 3.92. The molecule has 6 heteroatoms. The van der Waals surface area contributed by atoms with Crippen LogP contribution in [0.5, 0.6) is 0 Å². The van der Waals surface area contributed by atoms with Gasteiger partial charge in [-0.05, 0) is 37.8 Å². The Bertz CT molecular complexity index is 737. The maximum Gasteiger partial charge on any atom is 0.237 e. The predicted molar refractivity (Wildman–Crippen MR) is 102 cm³/mol. The zero-order valence-corrected chi connectivity index (χ0v) is 15.3. The van der Waals surface area contributed by atoms with Gasteiger partial charge in [0, 0.05) is 23.7 Å². The molecule has 1 aromatic heterocycles. The Morgan fingerprint density at radius 1 is 1.35 bits per heavy atom. The van der Waals surface area contributed by atoms with Gasteiger partial charge in [0.1, 0.15) is 0 Å². The van der Waals surface area contributed by atoms with Crippen LogP contribution >= 0.6 is 0 Å². The fourth-order valence-electron chi connectivity index (χ4n) is 3.90. The predicted octanol–water partition coefficient (Wildman–Crippen LogP) is 2.21. The van der Waals surface area contributed by atoms with Crippen LogP contribution in [0.15, 0.2) is 30.5 Å². The minimum absolute atomic E-state index is 0.240. The molecule has 0 spiro atoms. The summed E-state index contributed by atoms with van der Waals surface area (Å²) in [5.74, 6) is -0.240. The molecule has 2 atom stereocenters. The Kier molecular flexibility index (Phi) is 5.96. The molecule has 1 fully saturated rings. The molecule has 1 saturated carbocycles. The maximum absolute atomic E-state index is 12.8. The van der Waals surface area contributed by atoms with Crippen LogP contribution in [0.3, 0.4) is 0 Å². The van der Waals surface area contributed by atoms with Gasteiger partial charge < -0.3 is 25.9 Å². The average Bonchev–Trinajstić information content (AvgIpc) is 3.05. The molecule has 1 aliphatic rings. The minimum atomic E-state index is -1.00. The molecular weight excluding hydrogens is 330 g/mol. The van der Waals surface area contributed by atoms with Gasteiger partial charge in [0.2, 0.25) is 5.91 Å². The Labute approximate surface area is 154 Å². The number of hydrogen-bond donors (Lipinski definition) is 4. The molecule has 0 bridgehead atoms. The van der Waals surface area contributed by atoms with Crippen LogP contribution in [-0.2, 0) is 16.0 Å². The lowest BCUT2D eigenvalue weighted by Crippen LogP contribution is -2.61. The van der Waals surface area contributed by atoms with Crippen LogP contribution in [0, 0.1) is 0 Å². The fourth-order valence-corrected chi connectivity index (χ4v) is 3.90.